The van der Waals surface area contributed by atoms with E-state index in [1.807, 2.05) is 18.2 Å². The number of anilines is 1. The van der Waals surface area contributed by atoms with E-state index >= 15 is 0 Å². The van der Waals surface area contributed by atoms with E-state index in [1.165, 1.54) is 0 Å². The second-order valence-electron chi connectivity index (χ2n) is 4.99. The molecule has 1 aromatic carbocycles. The Bertz CT molecular complexity index is 404. The van der Waals surface area contributed by atoms with E-state index in [9.17, 15) is 0 Å². The van der Waals surface area contributed by atoms with E-state index in [-0.39, 0.29) is 11.6 Å². The molecular weight excluding hydrogens is 243 g/mol. The van der Waals surface area contributed by atoms with Crippen molar-refractivity contribution < 1.29 is 0 Å². The Morgan fingerprint density at radius 2 is 2.00 bits per heavy atom. The molecule has 1 saturated heterocycles. The van der Waals surface area contributed by atoms with Gasteiger partial charge >= 0.3 is 0 Å². The number of nitrogens with two attached hydrogens (primary N) is 1. The van der Waals surface area contributed by atoms with Gasteiger partial charge in [-0.2, -0.15) is 0 Å². The van der Waals surface area contributed by atoms with Crippen LogP contribution in [0.4, 0.5) is 5.69 Å². The van der Waals surface area contributed by atoms with Gasteiger partial charge in [-0.3, -0.25) is 0 Å². The fraction of sp³-hybridized carbons (Fsp3) is 0.500. The third-order valence-corrected chi connectivity index (χ3v) is 3.86. The summed E-state index contributed by atoms with van der Waals surface area (Å²) < 4.78 is 0. The van der Waals surface area contributed by atoms with Gasteiger partial charge in [-0.1, -0.05) is 23.2 Å². The van der Waals surface area contributed by atoms with Gasteiger partial charge in [0.15, 0.2) is 0 Å². The van der Waals surface area contributed by atoms with Crippen molar-refractivity contribution in [3.63, 3.8) is 0 Å². The molecule has 0 aliphatic carbocycles. The van der Waals surface area contributed by atoms with Crippen LogP contribution in [0.1, 0.15) is 20.3 Å². The molecule has 0 bridgehead atoms. The normalized spacial score (nSPS) is 23.8. The van der Waals surface area contributed by atoms with E-state index in [2.05, 4.69) is 18.7 Å². The lowest BCUT2D eigenvalue weighted by Crippen LogP contribution is -2.38. The van der Waals surface area contributed by atoms with Crippen molar-refractivity contribution in [1.82, 2.24) is 0 Å². The molecule has 2 N–H and O–H groups in total. The fourth-order valence-corrected chi connectivity index (χ4v) is 2.70. The topological polar surface area (TPSA) is 29.3 Å². The quantitative estimate of drug-likeness (QED) is 0.838. The van der Waals surface area contributed by atoms with Crippen LogP contribution in [0.15, 0.2) is 18.2 Å². The molecular formula is C12H16Cl2N2. The third kappa shape index (κ3) is 2.15. The van der Waals surface area contributed by atoms with Crippen molar-refractivity contribution in [2.24, 2.45) is 5.73 Å². The third-order valence-electron chi connectivity index (χ3n) is 3.12. The highest BCUT2D eigenvalue weighted by Gasteiger charge is 2.36. The molecule has 1 atom stereocenters. The van der Waals surface area contributed by atoms with Crippen molar-refractivity contribution >= 4 is 28.9 Å². The lowest BCUT2D eigenvalue weighted by molar-refractivity contribution is 0.506. The largest absolute Gasteiger partial charge is 0.365 e. The summed E-state index contributed by atoms with van der Waals surface area (Å²) in [4.78, 5) is 2.29. The summed E-state index contributed by atoms with van der Waals surface area (Å²) in [6.07, 6.45) is 0.993. The van der Waals surface area contributed by atoms with Crippen LogP contribution < -0.4 is 10.6 Å². The predicted octanol–water partition coefficient (Wildman–Crippen LogP) is 3.31. The minimum Gasteiger partial charge on any atom is -0.365 e. The lowest BCUT2D eigenvalue weighted by Gasteiger charge is -2.33. The Labute approximate surface area is 106 Å². The van der Waals surface area contributed by atoms with Gasteiger partial charge in [0.05, 0.1) is 10.0 Å². The number of hydrogen-bond acceptors (Lipinski definition) is 2. The zero-order valence-corrected chi connectivity index (χ0v) is 11.0. The first-order valence-electron chi connectivity index (χ1n) is 5.38. The van der Waals surface area contributed by atoms with Crippen LogP contribution in [0.25, 0.3) is 0 Å². The van der Waals surface area contributed by atoms with E-state index in [0.29, 0.717) is 10.0 Å². The summed E-state index contributed by atoms with van der Waals surface area (Å²) in [5.41, 5.74) is 7.18. The Kier molecular flexibility index (Phi) is 3.08. The number of rotatable bonds is 1. The Morgan fingerprint density at radius 3 is 2.50 bits per heavy atom. The second-order valence-corrected chi connectivity index (χ2v) is 5.80. The average molecular weight is 259 g/mol. The van der Waals surface area contributed by atoms with E-state index < -0.39 is 0 Å². The number of hydrogen-bond donors (Lipinski definition) is 1. The van der Waals surface area contributed by atoms with Crippen molar-refractivity contribution in [1.29, 1.82) is 0 Å². The smallest absolute Gasteiger partial charge is 0.0612 e. The van der Waals surface area contributed by atoms with Gasteiger partial charge in [-0.15, -0.1) is 0 Å². The molecule has 1 aromatic rings. The Hall–Kier alpha value is -0.440. The van der Waals surface area contributed by atoms with Gasteiger partial charge in [0.1, 0.15) is 0 Å². The summed E-state index contributed by atoms with van der Waals surface area (Å²) >= 11 is 11.9. The minimum atomic E-state index is 0.0799. The molecule has 1 heterocycles. The van der Waals surface area contributed by atoms with Crippen LogP contribution in [0, 0.1) is 0 Å². The molecule has 0 spiro atoms. The average Bonchev–Trinajstić information content (AvgIpc) is 2.44. The molecule has 2 rings (SSSR count). The molecule has 88 valence electrons. The van der Waals surface area contributed by atoms with E-state index in [4.69, 9.17) is 28.9 Å². The Morgan fingerprint density at radius 1 is 1.31 bits per heavy atom. The predicted molar refractivity (Wildman–Crippen MR) is 70.5 cm³/mol. The highest BCUT2D eigenvalue weighted by Crippen LogP contribution is 2.35. The first-order valence-corrected chi connectivity index (χ1v) is 6.14. The summed E-state index contributed by atoms with van der Waals surface area (Å²) in [5.74, 6) is 0. The van der Waals surface area contributed by atoms with Gasteiger partial charge in [0.2, 0.25) is 0 Å². The highest BCUT2D eigenvalue weighted by atomic mass is 35.5. The number of nitrogens with zero attached hydrogens (tertiary/aromatic N) is 1. The zero-order valence-electron chi connectivity index (χ0n) is 9.50. The van der Waals surface area contributed by atoms with Gasteiger partial charge in [0.25, 0.3) is 0 Å². The van der Waals surface area contributed by atoms with Crippen LogP contribution in [-0.4, -0.2) is 18.1 Å². The molecule has 0 aromatic heterocycles. The first kappa shape index (κ1) is 12.0. The monoisotopic (exact) mass is 258 g/mol. The molecule has 0 saturated carbocycles. The summed E-state index contributed by atoms with van der Waals surface area (Å²) in [6, 6.07) is 5.96. The molecule has 1 aliphatic heterocycles. The van der Waals surface area contributed by atoms with E-state index in [1.54, 1.807) is 0 Å². The molecule has 2 nitrogen and oxygen atoms in total. The number of halogens is 2. The second kappa shape index (κ2) is 4.10. The fourth-order valence-electron chi connectivity index (χ4n) is 2.41. The van der Waals surface area contributed by atoms with Crippen LogP contribution in [0.3, 0.4) is 0 Å². The molecule has 0 amide bonds. The van der Waals surface area contributed by atoms with Crippen LogP contribution >= 0.6 is 23.2 Å². The lowest BCUT2D eigenvalue weighted by atomic mass is 10.0. The number of benzene rings is 1. The molecule has 1 unspecified atom stereocenters. The maximum Gasteiger partial charge on any atom is 0.0612 e. The summed E-state index contributed by atoms with van der Waals surface area (Å²) in [6.45, 7) is 5.26. The maximum absolute atomic E-state index is 6.03. The van der Waals surface area contributed by atoms with Gasteiger partial charge in [0, 0.05) is 23.8 Å². The highest BCUT2D eigenvalue weighted by molar-refractivity contribution is 6.42. The van der Waals surface area contributed by atoms with Crippen LogP contribution in [-0.2, 0) is 0 Å². The molecule has 4 heteroatoms. The maximum atomic E-state index is 6.03. The molecule has 1 fully saturated rings. The summed E-state index contributed by atoms with van der Waals surface area (Å²) in [5, 5.41) is 1.18. The van der Waals surface area contributed by atoms with Crippen molar-refractivity contribution in [2.75, 3.05) is 11.4 Å². The first-order chi connectivity index (χ1) is 7.40. The molecule has 1 aliphatic rings. The SMILES string of the molecule is CC1(C)CC(N)CN1c1ccc(Cl)c(Cl)c1. The Balaban J connectivity index is 2.34. The summed E-state index contributed by atoms with van der Waals surface area (Å²) in [7, 11) is 0. The molecule has 16 heavy (non-hydrogen) atoms. The van der Waals surface area contributed by atoms with Crippen molar-refractivity contribution in [3.8, 4) is 0 Å². The van der Waals surface area contributed by atoms with Crippen molar-refractivity contribution in [3.05, 3.63) is 28.2 Å². The van der Waals surface area contributed by atoms with Crippen molar-refractivity contribution in [2.45, 2.75) is 31.8 Å². The zero-order chi connectivity index (χ0) is 11.9. The van der Waals surface area contributed by atoms with Gasteiger partial charge in [-0.25, -0.2) is 0 Å². The molecule has 0 radical (unpaired) electrons. The minimum absolute atomic E-state index is 0.0799. The van der Waals surface area contributed by atoms with Crippen LogP contribution in [0.2, 0.25) is 10.0 Å². The standard InChI is InChI=1S/C12H16Cl2N2/c1-12(2)6-8(15)7-16(12)9-3-4-10(13)11(14)5-9/h3-5,8H,6-7,15H2,1-2H3. The van der Waals surface area contributed by atoms with Crippen LogP contribution in [0.5, 0.6) is 0 Å². The van der Waals surface area contributed by atoms with Gasteiger partial charge < -0.3 is 10.6 Å². The van der Waals surface area contributed by atoms with Gasteiger partial charge in [-0.05, 0) is 38.5 Å². The van der Waals surface area contributed by atoms with E-state index in [0.717, 1.165) is 18.7 Å².